The number of hydrogen-bond donors (Lipinski definition) is 1. The van der Waals surface area contributed by atoms with E-state index in [9.17, 15) is 14.7 Å². The summed E-state index contributed by atoms with van der Waals surface area (Å²) in [4.78, 5) is 28.3. The number of aliphatic hydroxyl groups is 1. The van der Waals surface area contributed by atoms with Crippen LogP contribution in [0.1, 0.15) is 70.0 Å². The van der Waals surface area contributed by atoms with E-state index in [1.807, 2.05) is 64.1 Å². The summed E-state index contributed by atoms with van der Waals surface area (Å²) < 4.78 is 5.53. The maximum atomic E-state index is 13.8. The van der Waals surface area contributed by atoms with Crippen molar-refractivity contribution in [3.05, 3.63) is 69.7 Å². The van der Waals surface area contributed by atoms with Crippen molar-refractivity contribution in [3.63, 3.8) is 0 Å². The molecule has 4 atom stereocenters. The van der Waals surface area contributed by atoms with E-state index in [2.05, 4.69) is 0 Å². The molecule has 3 rings (SSSR count). The standard InChI is InChI=1S/C27H33Cl2NO4/c1-5-22(16-31)30-25(17-9-11-20(28)12-10-17)23(18-7-6-8-21(29)13-18)14-19(26(30)33)15-24(32)34-27(2,3)4/h6-13,19,22-23,25,31H,5,14-16H2,1-4H3/t19?,22?,23-,25?/m1/s1. The molecular weight excluding hydrogens is 473 g/mol. The van der Waals surface area contributed by atoms with Crippen LogP contribution >= 0.6 is 23.2 Å². The smallest absolute Gasteiger partial charge is 0.307 e. The van der Waals surface area contributed by atoms with Gasteiger partial charge in [0.25, 0.3) is 0 Å². The number of ether oxygens (including phenoxy) is 1. The van der Waals surface area contributed by atoms with E-state index < -0.39 is 23.5 Å². The molecule has 0 aliphatic carbocycles. The number of amides is 1. The largest absolute Gasteiger partial charge is 0.460 e. The minimum Gasteiger partial charge on any atom is -0.460 e. The fourth-order valence-corrected chi connectivity index (χ4v) is 5.09. The Balaban J connectivity index is 2.09. The Bertz CT molecular complexity index is 998. The fourth-order valence-electron chi connectivity index (χ4n) is 4.76. The van der Waals surface area contributed by atoms with Crippen LogP contribution in [0.3, 0.4) is 0 Å². The summed E-state index contributed by atoms with van der Waals surface area (Å²) in [6, 6.07) is 14.3. The lowest BCUT2D eigenvalue weighted by molar-refractivity contribution is -0.162. The summed E-state index contributed by atoms with van der Waals surface area (Å²) in [5.41, 5.74) is 1.27. The predicted octanol–water partition coefficient (Wildman–Crippen LogP) is 6.17. The summed E-state index contributed by atoms with van der Waals surface area (Å²) in [5.74, 6) is -1.25. The number of rotatable bonds is 7. The second-order valence-corrected chi connectivity index (χ2v) is 10.7. The zero-order valence-electron chi connectivity index (χ0n) is 20.1. The first kappa shape index (κ1) is 26.5. The lowest BCUT2D eigenvalue weighted by Gasteiger charge is -2.48. The molecule has 0 saturated carbocycles. The number of carbonyl (C=O) groups excluding carboxylic acids is 2. The number of hydrogen-bond acceptors (Lipinski definition) is 4. The van der Waals surface area contributed by atoms with Gasteiger partial charge in [-0.3, -0.25) is 9.59 Å². The quantitative estimate of drug-likeness (QED) is 0.456. The van der Waals surface area contributed by atoms with Crippen molar-refractivity contribution in [1.82, 2.24) is 4.90 Å². The van der Waals surface area contributed by atoms with E-state index in [0.717, 1.165) is 11.1 Å². The van der Waals surface area contributed by atoms with Gasteiger partial charge in [-0.2, -0.15) is 0 Å². The molecule has 1 N–H and O–H groups in total. The summed E-state index contributed by atoms with van der Waals surface area (Å²) in [7, 11) is 0. The Kier molecular flexibility index (Phi) is 8.66. The SMILES string of the molecule is CCC(CO)N1C(=O)C(CC(=O)OC(C)(C)C)C[C@H](c2cccc(Cl)c2)C1c1ccc(Cl)cc1. The van der Waals surface area contributed by atoms with Crippen LogP contribution in [-0.2, 0) is 14.3 Å². The first-order valence-corrected chi connectivity index (χ1v) is 12.5. The van der Waals surface area contributed by atoms with Crippen molar-refractivity contribution in [2.75, 3.05) is 6.61 Å². The van der Waals surface area contributed by atoms with E-state index in [1.54, 1.807) is 17.0 Å². The summed E-state index contributed by atoms with van der Waals surface area (Å²) in [6.45, 7) is 7.20. The number of esters is 1. The van der Waals surface area contributed by atoms with Crippen LogP contribution in [0.25, 0.3) is 0 Å². The maximum Gasteiger partial charge on any atom is 0.307 e. The van der Waals surface area contributed by atoms with E-state index >= 15 is 0 Å². The van der Waals surface area contributed by atoms with E-state index in [4.69, 9.17) is 27.9 Å². The lowest BCUT2D eigenvalue weighted by Crippen LogP contribution is -2.53. The third-order valence-electron chi connectivity index (χ3n) is 6.22. The Morgan fingerprint density at radius 3 is 2.35 bits per heavy atom. The average molecular weight is 506 g/mol. The van der Waals surface area contributed by atoms with Crippen LogP contribution in [0.2, 0.25) is 10.0 Å². The first-order chi connectivity index (χ1) is 16.0. The molecule has 3 unspecified atom stereocenters. The Morgan fingerprint density at radius 2 is 1.79 bits per heavy atom. The highest BCUT2D eigenvalue weighted by Gasteiger charge is 2.46. The Morgan fingerprint density at radius 1 is 1.12 bits per heavy atom. The molecule has 0 bridgehead atoms. The molecule has 1 fully saturated rings. The normalized spacial score (nSPS) is 21.9. The second-order valence-electron chi connectivity index (χ2n) is 9.87. The molecule has 0 aromatic heterocycles. The van der Waals surface area contributed by atoms with Crippen LogP contribution in [0.15, 0.2) is 48.5 Å². The number of carbonyl (C=O) groups is 2. The average Bonchev–Trinajstić information content (AvgIpc) is 2.76. The van der Waals surface area contributed by atoms with Crippen LogP contribution in [0.5, 0.6) is 0 Å². The molecule has 0 spiro atoms. The van der Waals surface area contributed by atoms with Gasteiger partial charge in [-0.25, -0.2) is 0 Å². The number of benzene rings is 2. The molecule has 2 aromatic carbocycles. The van der Waals surface area contributed by atoms with Crippen molar-refractivity contribution in [3.8, 4) is 0 Å². The first-order valence-electron chi connectivity index (χ1n) is 11.7. The number of likely N-dealkylation sites (tertiary alicyclic amines) is 1. The van der Waals surface area contributed by atoms with Gasteiger partial charge < -0.3 is 14.7 Å². The van der Waals surface area contributed by atoms with Crippen molar-refractivity contribution in [1.29, 1.82) is 0 Å². The predicted molar refractivity (Wildman–Crippen MR) is 135 cm³/mol. The minimum absolute atomic E-state index is 0.0150. The van der Waals surface area contributed by atoms with Crippen LogP contribution < -0.4 is 0 Å². The van der Waals surface area contributed by atoms with Crippen LogP contribution in [0.4, 0.5) is 0 Å². The molecule has 5 nitrogen and oxygen atoms in total. The van der Waals surface area contributed by atoms with Gasteiger partial charge in [-0.15, -0.1) is 0 Å². The third-order valence-corrected chi connectivity index (χ3v) is 6.71. The van der Waals surface area contributed by atoms with Gasteiger partial charge in [-0.1, -0.05) is 54.4 Å². The highest BCUT2D eigenvalue weighted by Crippen LogP contribution is 2.47. The van der Waals surface area contributed by atoms with Crippen molar-refractivity contribution < 1.29 is 19.4 Å². The molecule has 34 heavy (non-hydrogen) atoms. The summed E-state index contributed by atoms with van der Waals surface area (Å²) in [5, 5.41) is 11.4. The summed E-state index contributed by atoms with van der Waals surface area (Å²) >= 11 is 12.5. The number of aliphatic hydroxyl groups excluding tert-OH is 1. The van der Waals surface area contributed by atoms with Gasteiger partial charge in [0.15, 0.2) is 0 Å². The summed E-state index contributed by atoms with van der Waals surface area (Å²) in [6.07, 6.45) is 1.02. The molecule has 1 amide bonds. The number of nitrogens with zero attached hydrogens (tertiary/aromatic N) is 1. The zero-order valence-corrected chi connectivity index (χ0v) is 21.6. The topological polar surface area (TPSA) is 66.8 Å². The molecule has 184 valence electrons. The third kappa shape index (κ3) is 6.32. The number of halogens is 2. The molecule has 7 heteroatoms. The molecular formula is C27H33Cl2NO4. The Labute approximate surface area is 212 Å². The Hall–Kier alpha value is -2.08. The van der Waals surface area contributed by atoms with E-state index in [1.165, 1.54) is 0 Å². The fraction of sp³-hybridized carbons (Fsp3) is 0.481. The maximum absolute atomic E-state index is 13.8. The van der Waals surface area contributed by atoms with E-state index in [0.29, 0.717) is 22.9 Å². The zero-order chi connectivity index (χ0) is 25.0. The van der Waals surface area contributed by atoms with Crippen molar-refractivity contribution in [2.45, 2.75) is 70.6 Å². The molecule has 2 aromatic rings. The van der Waals surface area contributed by atoms with Gasteiger partial charge in [0, 0.05) is 21.9 Å². The minimum atomic E-state index is -0.635. The molecule has 1 saturated heterocycles. The molecule has 1 aliphatic rings. The molecule has 1 aliphatic heterocycles. The lowest BCUT2D eigenvalue weighted by atomic mass is 9.74. The highest BCUT2D eigenvalue weighted by atomic mass is 35.5. The van der Waals surface area contributed by atoms with Crippen LogP contribution in [0, 0.1) is 5.92 Å². The second kappa shape index (κ2) is 11.1. The van der Waals surface area contributed by atoms with Crippen LogP contribution in [-0.4, -0.2) is 40.1 Å². The van der Waals surface area contributed by atoms with Gasteiger partial charge in [-0.05, 0) is 69.0 Å². The van der Waals surface area contributed by atoms with E-state index in [-0.39, 0.29) is 30.9 Å². The van der Waals surface area contributed by atoms with Gasteiger partial charge in [0.2, 0.25) is 5.91 Å². The van der Waals surface area contributed by atoms with Gasteiger partial charge in [0.1, 0.15) is 5.60 Å². The van der Waals surface area contributed by atoms with Crippen molar-refractivity contribution in [2.24, 2.45) is 5.92 Å². The van der Waals surface area contributed by atoms with Gasteiger partial charge in [0.05, 0.1) is 25.1 Å². The highest BCUT2D eigenvalue weighted by molar-refractivity contribution is 6.30. The molecule has 1 heterocycles. The van der Waals surface area contributed by atoms with Gasteiger partial charge >= 0.3 is 5.97 Å². The number of piperidine rings is 1. The van der Waals surface area contributed by atoms with Crippen molar-refractivity contribution >= 4 is 35.1 Å². The monoisotopic (exact) mass is 505 g/mol. The molecule has 0 radical (unpaired) electrons.